The van der Waals surface area contributed by atoms with Crippen molar-refractivity contribution in [3.63, 3.8) is 0 Å². The summed E-state index contributed by atoms with van der Waals surface area (Å²) < 4.78 is 11.5. The zero-order chi connectivity index (χ0) is 15.2. The monoisotopic (exact) mass is 293 g/mol. The van der Waals surface area contributed by atoms with Crippen LogP contribution in [0.4, 0.5) is 0 Å². The summed E-state index contributed by atoms with van der Waals surface area (Å²) >= 11 is 0. The zero-order valence-corrected chi connectivity index (χ0v) is 12.7. The summed E-state index contributed by atoms with van der Waals surface area (Å²) in [6, 6.07) is 5.82. The lowest BCUT2D eigenvalue weighted by atomic mass is 10.1. The summed E-state index contributed by atoms with van der Waals surface area (Å²) in [4.78, 5) is 12.9. The van der Waals surface area contributed by atoms with Gasteiger partial charge in [-0.3, -0.25) is 4.79 Å². The van der Waals surface area contributed by atoms with Crippen molar-refractivity contribution in [2.24, 2.45) is 0 Å². The molecule has 1 aliphatic rings. The largest absolute Gasteiger partial charge is 0.493 e. The van der Waals surface area contributed by atoms with Crippen LogP contribution in [0.1, 0.15) is 24.8 Å². The van der Waals surface area contributed by atoms with E-state index in [1.807, 2.05) is 18.2 Å². The summed E-state index contributed by atoms with van der Waals surface area (Å²) in [5.74, 6) is 0.721. The van der Waals surface area contributed by atoms with Crippen molar-refractivity contribution >= 4 is 5.97 Å². The number of aryl methyl sites for hydroxylation is 1. The number of carboxylic acids is 1. The predicted octanol–water partition coefficient (Wildman–Crippen LogP) is 2.19. The van der Waals surface area contributed by atoms with Crippen LogP contribution in [0.3, 0.4) is 0 Å². The van der Waals surface area contributed by atoms with Crippen molar-refractivity contribution in [1.29, 1.82) is 0 Å². The standard InChI is InChI=1S/C16H23NO4/c1-17-10-9-13(11-17)21-14-7-3-5-12(16(14)20-2)6-4-8-15(18)19/h3,5,7,13H,4,6,8-11H2,1-2H3,(H,18,19). The minimum absolute atomic E-state index is 0.168. The highest BCUT2D eigenvalue weighted by Crippen LogP contribution is 2.33. The molecule has 1 unspecified atom stereocenters. The molecule has 1 saturated heterocycles. The Kier molecular flexibility index (Phi) is 5.44. The van der Waals surface area contributed by atoms with Gasteiger partial charge in [0.15, 0.2) is 11.5 Å². The molecule has 1 atom stereocenters. The third-order valence-corrected chi connectivity index (χ3v) is 3.74. The molecule has 1 aliphatic heterocycles. The number of likely N-dealkylation sites (N-methyl/N-ethyl adjacent to an activating group) is 1. The van der Waals surface area contributed by atoms with E-state index < -0.39 is 5.97 Å². The molecule has 1 fully saturated rings. The van der Waals surface area contributed by atoms with Gasteiger partial charge in [0.05, 0.1) is 7.11 Å². The van der Waals surface area contributed by atoms with Crippen molar-refractivity contribution in [2.45, 2.75) is 31.8 Å². The summed E-state index contributed by atoms with van der Waals surface area (Å²) in [6.45, 7) is 1.97. The maximum atomic E-state index is 10.6. The second-order valence-corrected chi connectivity index (χ2v) is 5.49. The maximum absolute atomic E-state index is 10.6. The first-order valence-corrected chi connectivity index (χ1v) is 7.33. The number of aliphatic carboxylic acids is 1. The molecule has 0 bridgehead atoms. The fourth-order valence-corrected chi connectivity index (χ4v) is 2.68. The minimum atomic E-state index is -0.768. The number of rotatable bonds is 7. The van der Waals surface area contributed by atoms with Crippen LogP contribution in [-0.2, 0) is 11.2 Å². The Hall–Kier alpha value is -1.75. The minimum Gasteiger partial charge on any atom is -0.493 e. The van der Waals surface area contributed by atoms with Crippen LogP contribution in [0.25, 0.3) is 0 Å². The van der Waals surface area contributed by atoms with Gasteiger partial charge in [0, 0.05) is 19.5 Å². The van der Waals surface area contributed by atoms with Crippen LogP contribution in [-0.4, -0.2) is 49.3 Å². The SMILES string of the molecule is COc1c(CCCC(=O)O)cccc1OC1CCN(C)C1. The van der Waals surface area contributed by atoms with Gasteiger partial charge >= 0.3 is 5.97 Å². The van der Waals surface area contributed by atoms with E-state index in [0.717, 1.165) is 36.6 Å². The molecule has 0 aromatic heterocycles. The summed E-state index contributed by atoms with van der Waals surface area (Å²) in [7, 11) is 3.71. The van der Waals surface area contributed by atoms with Gasteiger partial charge in [-0.15, -0.1) is 0 Å². The number of carboxylic acid groups (broad SMARTS) is 1. The number of methoxy groups -OCH3 is 1. The Labute approximate surface area is 125 Å². The van der Waals surface area contributed by atoms with Crippen LogP contribution in [0.15, 0.2) is 18.2 Å². The summed E-state index contributed by atoms with van der Waals surface area (Å²) in [5, 5.41) is 8.73. The van der Waals surface area contributed by atoms with E-state index >= 15 is 0 Å². The fraction of sp³-hybridized carbons (Fsp3) is 0.562. The fourth-order valence-electron chi connectivity index (χ4n) is 2.68. The Morgan fingerprint density at radius 2 is 2.29 bits per heavy atom. The molecule has 1 aromatic rings. The van der Waals surface area contributed by atoms with Crippen molar-refractivity contribution in [2.75, 3.05) is 27.2 Å². The van der Waals surface area contributed by atoms with Crippen molar-refractivity contribution in [3.8, 4) is 11.5 Å². The van der Waals surface area contributed by atoms with Gasteiger partial charge in [0.25, 0.3) is 0 Å². The highest BCUT2D eigenvalue weighted by Gasteiger charge is 2.22. The average molecular weight is 293 g/mol. The first-order chi connectivity index (χ1) is 10.1. The van der Waals surface area contributed by atoms with Crippen LogP contribution >= 0.6 is 0 Å². The highest BCUT2D eigenvalue weighted by atomic mass is 16.5. The lowest BCUT2D eigenvalue weighted by Crippen LogP contribution is -2.21. The molecule has 0 aliphatic carbocycles. The van der Waals surface area contributed by atoms with E-state index in [9.17, 15) is 4.79 Å². The van der Waals surface area contributed by atoms with E-state index in [1.165, 1.54) is 0 Å². The van der Waals surface area contributed by atoms with E-state index in [4.69, 9.17) is 14.6 Å². The quantitative estimate of drug-likeness (QED) is 0.835. The van der Waals surface area contributed by atoms with Gasteiger partial charge in [-0.1, -0.05) is 12.1 Å². The third kappa shape index (κ3) is 4.36. The molecule has 1 heterocycles. The van der Waals surface area contributed by atoms with E-state index in [-0.39, 0.29) is 12.5 Å². The molecule has 0 spiro atoms. The van der Waals surface area contributed by atoms with E-state index in [2.05, 4.69) is 11.9 Å². The topological polar surface area (TPSA) is 59.0 Å². The lowest BCUT2D eigenvalue weighted by molar-refractivity contribution is -0.137. The molecule has 0 amide bonds. The predicted molar refractivity (Wildman–Crippen MR) is 80.1 cm³/mol. The first-order valence-electron chi connectivity index (χ1n) is 7.33. The normalized spacial score (nSPS) is 18.7. The Bertz CT molecular complexity index is 489. The average Bonchev–Trinajstić information content (AvgIpc) is 2.84. The number of nitrogens with zero attached hydrogens (tertiary/aromatic N) is 1. The van der Waals surface area contributed by atoms with Crippen molar-refractivity contribution < 1.29 is 19.4 Å². The molecule has 5 nitrogen and oxygen atoms in total. The third-order valence-electron chi connectivity index (χ3n) is 3.74. The molecule has 116 valence electrons. The number of hydrogen-bond acceptors (Lipinski definition) is 4. The molecule has 21 heavy (non-hydrogen) atoms. The number of carbonyl (C=O) groups is 1. The van der Waals surface area contributed by atoms with Crippen molar-refractivity contribution in [1.82, 2.24) is 4.90 Å². The number of para-hydroxylation sites is 1. The van der Waals surface area contributed by atoms with Gasteiger partial charge in [-0.2, -0.15) is 0 Å². The number of benzene rings is 1. The summed E-state index contributed by atoms with van der Waals surface area (Å²) in [6.07, 6.45) is 2.65. The number of ether oxygens (including phenoxy) is 2. The molecule has 1 aromatic carbocycles. The van der Waals surface area contributed by atoms with E-state index in [1.54, 1.807) is 7.11 Å². The molecule has 0 saturated carbocycles. The Balaban J connectivity index is 2.05. The van der Waals surface area contributed by atoms with Gasteiger partial charge in [0.2, 0.25) is 0 Å². The first kappa shape index (κ1) is 15.6. The second kappa shape index (κ2) is 7.31. The molecule has 1 N–H and O–H groups in total. The maximum Gasteiger partial charge on any atom is 0.303 e. The summed E-state index contributed by atoms with van der Waals surface area (Å²) in [5.41, 5.74) is 1.00. The van der Waals surface area contributed by atoms with Crippen LogP contribution in [0.5, 0.6) is 11.5 Å². The Morgan fingerprint density at radius 1 is 1.48 bits per heavy atom. The van der Waals surface area contributed by atoms with Crippen LogP contribution < -0.4 is 9.47 Å². The smallest absolute Gasteiger partial charge is 0.303 e. The Morgan fingerprint density at radius 3 is 2.90 bits per heavy atom. The van der Waals surface area contributed by atoms with Crippen LogP contribution in [0.2, 0.25) is 0 Å². The van der Waals surface area contributed by atoms with Crippen LogP contribution in [0, 0.1) is 0 Å². The highest BCUT2D eigenvalue weighted by molar-refractivity contribution is 5.66. The molecule has 5 heteroatoms. The number of hydrogen-bond donors (Lipinski definition) is 1. The second-order valence-electron chi connectivity index (χ2n) is 5.49. The van der Waals surface area contributed by atoms with Gasteiger partial charge in [-0.05, 0) is 37.9 Å². The lowest BCUT2D eigenvalue weighted by Gasteiger charge is -2.18. The van der Waals surface area contributed by atoms with E-state index in [0.29, 0.717) is 12.8 Å². The van der Waals surface area contributed by atoms with Crippen molar-refractivity contribution in [3.05, 3.63) is 23.8 Å². The van der Waals surface area contributed by atoms with Gasteiger partial charge in [0.1, 0.15) is 6.10 Å². The zero-order valence-electron chi connectivity index (χ0n) is 12.7. The number of likely N-dealkylation sites (tertiary alicyclic amines) is 1. The molecule has 0 radical (unpaired) electrons. The molecular weight excluding hydrogens is 270 g/mol. The van der Waals surface area contributed by atoms with Gasteiger partial charge < -0.3 is 19.5 Å². The van der Waals surface area contributed by atoms with Gasteiger partial charge in [-0.25, -0.2) is 0 Å². The molecule has 2 rings (SSSR count). The molecular formula is C16H23NO4.